The van der Waals surface area contributed by atoms with Crippen LogP contribution in [0.15, 0.2) is 39.9 Å². The number of aryl methyl sites for hydroxylation is 1. The molecular formula is C19H26ClN3O3S2. The van der Waals surface area contributed by atoms with Crippen LogP contribution in [-0.2, 0) is 10.0 Å². The third kappa shape index (κ3) is 5.55. The molecule has 2 heterocycles. The van der Waals surface area contributed by atoms with Crippen LogP contribution in [0.3, 0.4) is 0 Å². The van der Waals surface area contributed by atoms with Crippen LogP contribution in [0.4, 0.5) is 5.69 Å². The summed E-state index contributed by atoms with van der Waals surface area (Å²) in [6, 6.07) is 6.41. The van der Waals surface area contributed by atoms with Crippen LogP contribution in [0.5, 0.6) is 0 Å². The van der Waals surface area contributed by atoms with E-state index in [9.17, 15) is 13.2 Å². The highest BCUT2D eigenvalue weighted by Crippen LogP contribution is 2.23. The van der Waals surface area contributed by atoms with Crippen LogP contribution in [0.25, 0.3) is 0 Å². The Bertz CT molecular complexity index is 895. The maximum atomic E-state index is 12.7. The maximum Gasteiger partial charge on any atom is 0.256 e. The summed E-state index contributed by atoms with van der Waals surface area (Å²) < 4.78 is 28.3. The largest absolute Gasteiger partial charge is 0.322 e. The van der Waals surface area contributed by atoms with Crippen molar-refractivity contribution in [3.63, 3.8) is 0 Å². The zero-order valence-electron chi connectivity index (χ0n) is 15.9. The Morgan fingerprint density at radius 1 is 1.25 bits per heavy atom. The molecule has 0 aliphatic carbocycles. The zero-order valence-corrected chi connectivity index (χ0v) is 18.3. The summed E-state index contributed by atoms with van der Waals surface area (Å²) in [7, 11) is -3.60. The molecule has 0 radical (unpaired) electrons. The number of carbonyl (C=O) groups excluding carboxylic acids is 1. The summed E-state index contributed by atoms with van der Waals surface area (Å²) in [5.74, 6) is 0.138. The van der Waals surface area contributed by atoms with Crippen LogP contribution in [0.1, 0.15) is 35.7 Å². The minimum atomic E-state index is -3.60. The number of nitrogens with one attached hydrogen (secondary N) is 3. The van der Waals surface area contributed by atoms with E-state index in [2.05, 4.69) is 15.4 Å². The quantitative estimate of drug-likeness (QED) is 0.638. The molecule has 28 heavy (non-hydrogen) atoms. The van der Waals surface area contributed by atoms with Gasteiger partial charge in [0, 0.05) is 17.1 Å². The average Bonchev–Trinajstić information content (AvgIpc) is 3.18. The highest BCUT2D eigenvalue weighted by Gasteiger charge is 2.25. The van der Waals surface area contributed by atoms with Crippen molar-refractivity contribution >= 4 is 45.4 Å². The van der Waals surface area contributed by atoms with Gasteiger partial charge in [-0.2, -0.15) is 11.3 Å². The van der Waals surface area contributed by atoms with E-state index in [1.807, 2.05) is 12.3 Å². The van der Waals surface area contributed by atoms with Gasteiger partial charge in [-0.25, -0.2) is 13.1 Å². The smallest absolute Gasteiger partial charge is 0.256 e. The lowest BCUT2D eigenvalue weighted by Gasteiger charge is -2.28. The third-order valence-electron chi connectivity index (χ3n) is 4.97. The number of anilines is 1. The van der Waals surface area contributed by atoms with E-state index in [4.69, 9.17) is 0 Å². The molecule has 1 amide bonds. The van der Waals surface area contributed by atoms with Crippen molar-refractivity contribution in [1.82, 2.24) is 10.0 Å². The summed E-state index contributed by atoms with van der Waals surface area (Å²) in [4.78, 5) is 12.4. The summed E-state index contributed by atoms with van der Waals surface area (Å²) >= 11 is 1.45. The van der Waals surface area contributed by atoms with Crippen molar-refractivity contribution in [2.75, 3.05) is 18.4 Å². The van der Waals surface area contributed by atoms with Crippen molar-refractivity contribution in [1.29, 1.82) is 0 Å². The number of piperidine rings is 1. The molecule has 1 aromatic carbocycles. The SMILES string of the molecule is Cc1cc(S(=O)(=O)N[C@H](C)C2CCNCC2)ccc1NC(=O)c1ccsc1.Cl. The number of halogens is 1. The van der Waals surface area contributed by atoms with Crippen molar-refractivity contribution < 1.29 is 13.2 Å². The van der Waals surface area contributed by atoms with E-state index in [1.54, 1.807) is 30.5 Å². The summed E-state index contributed by atoms with van der Waals surface area (Å²) in [5.41, 5.74) is 1.90. The predicted octanol–water partition coefficient (Wildman–Crippen LogP) is 3.40. The molecule has 0 spiro atoms. The fourth-order valence-electron chi connectivity index (χ4n) is 3.28. The first-order chi connectivity index (χ1) is 12.9. The minimum Gasteiger partial charge on any atom is -0.322 e. The summed E-state index contributed by atoms with van der Waals surface area (Å²) in [5, 5.41) is 9.73. The average molecular weight is 444 g/mol. The number of rotatable bonds is 6. The minimum absolute atomic E-state index is 0. The first kappa shape index (κ1) is 22.8. The lowest BCUT2D eigenvalue weighted by Crippen LogP contribution is -2.42. The molecule has 154 valence electrons. The van der Waals surface area contributed by atoms with Crippen molar-refractivity contribution in [3.05, 3.63) is 46.2 Å². The van der Waals surface area contributed by atoms with Gasteiger partial charge in [-0.15, -0.1) is 12.4 Å². The number of carbonyl (C=O) groups is 1. The number of thiophene rings is 1. The Kier molecular flexibility index (Phi) is 8.03. The van der Waals surface area contributed by atoms with E-state index in [0.29, 0.717) is 22.7 Å². The molecule has 1 aliphatic heterocycles. The number of benzene rings is 1. The van der Waals surface area contributed by atoms with Gasteiger partial charge >= 0.3 is 0 Å². The van der Waals surface area contributed by atoms with Crippen LogP contribution < -0.4 is 15.4 Å². The standard InChI is InChI=1S/C19H25N3O3S2.ClH/c1-13-11-17(3-4-18(13)21-19(23)16-7-10-26-12-16)27(24,25)22-14(2)15-5-8-20-9-6-15;/h3-4,7,10-12,14-15,20,22H,5-6,8-9H2,1-2H3,(H,21,23);1H/t14-;/m1./s1. The van der Waals surface area contributed by atoms with Gasteiger partial charge in [0.1, 0.15) is 0 Å². The van der Waals surface area contributed by atoms with Crippen LogP contribution in [0, 0.1) is 12.8 Å². The Balaban J connectivity index is 0.00000280. The molecular weight excluding hydrogens is 418 g/mol. The van der Waals surface area contributed by atoms with E-state index < -0.39 is 10.0 Å². The van der Waals surface area contributed by atoms with Crippen LogP contribution >= 0.6 is 23.7 Å². The predicted molar refractivity (Wildman–Crippen MR) is 116 cm³/mol. The fourth-order valence-corrected chi connectivity index (χ4v) is 5.32. The second-order valence-electron chi connectivity index (χ2n) is 6.94. The van der Waals surface area contributed by atoms with Gasteiger partial charge in [0.25, 0.3) is 5.91 Å². The van der Waals surface area contributed by atoms with Crippen LogP contribution in [-0.4, -0.2) is 33.5 Å². The van der Waals surface area contributed by atoms with Gasteiger partial charge in [-0.05, 0) is 80.9 Å². The number of hydrogen-bond acceptors (Lipinski definition) is 5. The molecule has 1 saturated heterocycles. The molecule has 1 aromatic heterocycles. The Morgan fingerprint density at radius 2 is 1.96 bits per heavy atom. The molecule has 6 nitrogen and oxygen atoms in total. The molecule has 3 rings (SSSR count). The first-order valence-corrected chi connectivity index (χ1v) is 11.5. The highest BCUT2D eigenvalue weighted by atomic mass is 35.5. The van der Waals surface area contributed by atoms with Gasteiger partial charge in [0.05, 0.1) is 10.5 Å². The van der Waals surface area contributed by atoms with Crippen molar-refractivity contribution in [2.24, 2.45) is 5.92 Å². The third-order valence-corrected chi connectivity index (χ3v) is 7.21. The molecule has 0 saturated carbocycles. The Hall–Kier alpha value is -1.45. The normalized spacial score (nSPS) is 16.2. The molecule has 1 atom stereocenters. The van der Waals surface area contributed by atoms with Crippen molar-refractivity contribution in [2.45, 2.75) is 37.6 Å². The maximum absolute atomic E-state index is 12.7. The molecule has 0 bridgehead atoms. The summed E-state index contributed by atoms with van der Waals surface area (Å²) in [6.45, 7) is 5.57. The van der Waals surface area contributed by atoms with E-state index in [-0.39, 0.29) is 29.3 Å². The fraction of sp³-hybridized carbons (Fsp3) is 0.421. The van der Waals surface area contributed by atoms with Gasteiger partial charge in [0.2, 0.25) is 10.0 Å². The zero-order chi connectivity index (χ0) is 19.4. The number of sulfonamides is 1. The Labute approximate surface area is 176 Å². The molecule has 1 fully saturated rings. The van der Waals surface area contributed by atoms with E-state index >= 15 is 0 Å². The molecule has 3 N–H and O–H groups in total. The lowest BCUT2D eigenvalue weighted by atomic mass is 9.92. The molecule has 2 aromatic rings. The second-order valence-corrected chi connectivity index (χ2v) is 9.43. The second kappa shape index (κ2) is 9.84. The number of amides is 1. The van der Waals surface area contributed by atoms with Gasteiger partial charge < -0.3 is 10.6 Å². The Morgan fingerprint density at radius 3 is 2.57 bits per heavy atom. The highest BCUT2D eigenvalue weighted by molar-refractivity contribution is 7.89. The van der Waals surface area contributed by atoms with E-state index in [1.165, 1.54) is 17.4 Å². The van der Waals surface area contributed by atoms with E-state index in [0.717, 1.165) is 25.9 Å². The monoisotopic (exact) mass is 443 g/mol. The van der Waals surface area contributed by atoms with Gasteiger partial charge in [-0.1, -0.05) is 0 Å². The molecule has 1 aliphatic rings. The first-order valence-electron chi connectivity index (χ1n) is 9.04. The van der Waals surface area contributed by atoms with Gasteiger partial charge in [-0.3, -0.25) is 4.79 Å². The van der Waals surface area contributed by atoms with Gasteiger partial charge in [0.15, 0.2) is 0 Å². The molecule has 0 unspecified atom stereocenters. The summed E-state index contributed by atoms with van der Waals surface area (Å²) in [6.07, 6.45) is 1.94. The van der Waals surface area contributed by atoms with Crippen molar-refractivity contribution in [3.8, 4) is 0 Å². The topological polar surface area (TPSA) is 87.3 Å². The molecule has 9 heteroatoms. The lowest BCUT2D eigenvalue weighted by molar-refractivity contribution is 0.102. The van der Waals surface area contributed by atoms with Crippen LogP contribution in [0.2, 0.25) is 0 Å². The number of hydrogen-bond donors (Lipinski definition) is 3.